The van der Waals surface area contributed by atoms with Gasteiger partial charge in [-0.3, -0.25) is 15.2 Å². The molecule has 0 atom stereocenters. The van der Waals surface area contributed by atoms with Crippen molar-refractivity contribution in [1.29, 1.82) is 0 Å². The number of fused-ring (bicyclic) bond motifs is 1. The minimum Gasteiger partial charge on any atom is -0.326 e. The molecule has 1 aromatic rings. The summed E-state index contributed by atoms with van der Waals surface area (Å²) < 4.78 is 0. The number of hydrogen-bond acceptors (Lipinski definition) is 4. The van der Waals surface area contributed by atoms with Crippen molar-refractivity contribution < 1.29 is 4.79 Å². The Kier molecular flexibility index (Phi) is 5.37. The first-order valence-corrected chi connectivity index (χ1v) is 8.38. The number of nitrogens with zero attached hydrogens (tertiary/aromatic N) is 2. The van der Waals surface area contributed by atoms with E-state index in [9.17, 15) is 4.79 Å². The number of aryl methyl sites for hydroxylation is 1. The summed E-state index contributed by atoms with van der Waals surface area (Å²) >= 11 is 1.67. The topological polar surface area (TPSA) is 65.8 Å². The van der Waals surface area contributed by atoms with Crippen LogP contribution in [0.15, 0.2) is 28.3 Å². The van der Waals surface area contributed by atoms with Gasteiger partial charge in [-0.25, -0.2) is 0 Å². The fourth-order valence-electron chi connectivity index (χ4n) is 2.39. The zero-order chi connectivity index (χ0) is 15.7. The smallest absolute Gasteiger partial charge is 0.224 e. The second-order valence-corrected chi connectivity index (χ2v) is 7.43. The molecule has 0 saturated heterocycles. The van der Waals surface area contributed by atoms with Gasteiger partial charge in [-0.2, -0.15) is 5.10 Å². The standard InChI is InChI=1S/C16H20N4OS.ClH/c1-16(2,3)18-15-20-19-13(9-22-15)11-4-6-12-10(8-11)5-7-14(21)17-12;/h4,6,8H,5,7,9H2,1-3H3,(H,17,21)(H,18,20);1H. The van der Waals surface area contributed by atoms with E-state index in [1.165, 1.54) is 5.56 Å². The lowest BCUT2D eigenvalue weighted by Crippen LogP contribution is -2.28. The molecule has 1 aromatic carbocycles. The highest BCUT2D eigenvalue weighted by Crippen LogP contribution is 2.25. The van der Waals surface area contributed by atoms with Crippen molar-refractivity contribution in [3.8, 4) is 0 Å². The molecule has 0 bridgehead atoms. The van der Waals surface area contributed by atoms with E-state index in [2.05, 4.69) is 47.7 Å². The monoisotopic (exact) mass is 352 g/mol. The van der Waals surface area contributed by atoms with Crippen LogP contribution in [0.1, 0.15) is 38.3 Å². The Balaban J connectivity index is 0.00000192. The number of amidine groups is 1. The Morgan fingerprint density at radius 2 is 2.04 bits per heavy atom. The summed E-state index contributed by atoms with van der Waals surface area (Å²) in [5.41, 5.74) is 7.15. The normalized spacial score (nSPS) is 19.2. The van der Waals surface area contributed by atoms with E-state index >= 15 is 0 Å². The number of carbonyl (C=O) groups excluding carboxylic acids is 1. The second-order valence-electron chi connectivity index (χ2n) is 6.47. The van der Waals surface area contributed by atoms with Crippen molar-refractivity contribution in [2.45, 2.75) is 39.2 Å². The highest BCUT2D eigenvalue weighted by molar-refractivity contribution is 8.14. The Morgan fingerprint density at radius 1 is 1.26 bits per heavy atom. The van der Waals surface area contributed by atoms with E-state index in [1.807, 2.05) is 12.1 Å². The molecule has 5 nitrogen and oxygen atoms in total. The van der Waals surface area contributed by atoms with Crippen molar-refractivity contribution >= 4 is 46.6 Å². The van der Waals surface area contributed by atoms with Crippen LogP contribution in [0.3, 0.4) is 0 Å². The number of amides is 1. The quantitative estimate of drug-likeness (QED) is 0.815. The van der Waals surface area contributed by atoms with Crippen LogP contribution in [-0.4, -0.2) is 28.1 Å². The average Bonchev–Trinajstić information content (AvgIpc) is 2.46. The predicted octanol–water partition coefficient (Wildman–Crippen LogP) is 3.19. The second kappa shape index (κ2) is 6.93. The summed E-state index contributed by atoms with van der Waals surface area (Å²) in [5, 5.41) is 8.22. The molecule has 2 aliphatic rings. The molecule has 2 aliphatic heterocycles. The van der Waals surface area contributed by atoms with E-state index in [0.29, 0.717) is 6.42 Å². The molecule has 1 amide bonds. The number of hydrazone groups is 1. The maximum Gasteiger partial charge on any atom is 0.224 e. The Labute approximate surface area is 146 Å². The molecule has 0 saturated carbocycles. The first-order chi connectivity index (χ1) is 10.4. The summed E-state index contributed by atoms with van der Waals surface area (Å²) in [7, 11) is 0. The van der Waals surface area contributed by atoms with Crippen LogP contribution in [0.5, 0.6) is 0 Å². The van der Waals surface area contributed by atoms with Gasteiger partial charge in [-0.1, -0.05) is 17.8 Å². The van der Waals surface area contributed by atoms with Crippen LogP contribution >= 0.6 is 24.2 Å². The van der Waals surface area contributed by atoms with Crippen LogP contribution in [0.4, 0.5) is 5.69 Å². The van der Waals surface area contributed by atoms with Gasteiger partial charge >= 0.3 is 0 Å². The highest BCUT2D eigenvalue weighted by Gasteiger charge is 2.19. The fourth-order valence-corrected chi connectivity index (χ4v) is 3.34. The molecule has 2 N–H and O–H groups in total. The number of nitrogens with one attached hydrogen (secondary N) is 2. The molecule has 0 fully saturated rings. The van der Waals surface area contributed by atoms with Gasteiger partial charge in [-0.15, -0.1) is 12.4 Å². The Hall–Kier alpha value is -1.53. The van der Waals surface area contributed by atoms with Gasteiger partial charge in [-0.05, 0) is 50.5 Å². The molecule has 0 spiro atoms. The third kappa shape index (κ3) is 4.48. The predicted molar refractivity (Wildman–Crippen MR) is 100.0 cm³/mol. The SMILES string of the molecule is CC(C)(C)N=C1NN=C(c2ccc3c(c2)CCC(=O)N3)CS1.Cl. The molecule has 2 heterocycles. The molecule has 7 heteroatoms. The maximum atomic E-state index is 11.4. The van der Waals surface area contributed by atoms with Gasteiger partial charge in [0.1, 0.15) is 0 Å². The van der Waals surface area contributed by atoms with Crippen molar-refractivity contribution in [2.24, 2.45) is 10.1 Å². The molecule has 0 radical (unpaired) electrons. The summed E-state index contributed by atoms with van der Waals surface area (Å²) in [6.45, 7) is 6.21. The fraction of sp³-hybridized carbons (Fsp3) is 0.438. The lowest BCUT2D eigenvalue weighted by Gasteiger charge is -2.21. The number of anilines is 1. The Bertz CT molecular complexity index is 679. The molecule has 124 valence electrons. The maximum absolute atomic E-state index is 11.4. The number of carbonyl (C=O) groups is 1. The van der Waals surface area contributed by atoms with Crippen LogP contribution in [0.25, 0.3) is 0 Å². The molecule has 23 heavy (non-hydrogen) atoms. The molecule has 3 rings (SSSR count). The summed E-state index contributed by atoms with van der Waals surface area (Å²) in [6.07, 6.45) is 1.35. The zero-order valence-electron chi connectivity index (χ0n) is 13.5. The number of thioether (sulfide) groups is 1. The minimum absolute atomic E-state index is 0. The zero-order valence-corrected chi connectivity index (χ0v) is 15.1. The number of benzene rings is 1. The van der Waals surface area contributed by atoms with E-state index < -0.39 is 0 Å². The summed E-state index contributed by atoms with van der Waals surface area (Å²) in [4.78, 5) is 16.0. The van der Waals surface area contributed by atoms with E-state index in [0.717, 1.165) is 34.3 Å². The van der Waals surface area contributed by atoms with Crippen LogP contribution < -0.4 is 10.7 Å². The number of rotatable bonds is 1. The Morgan fingerprint density at radius 3 is 2.70 bits per heavy atom. The van der Waals surface area contributed by atoms with Gasteiger partial charge < -0.3 is 5.32 Å². The molecule has 0 aromatic heterocycles. The van der Waals surface area contributed by atoms with Crippen molar-refractivity contribution in [3.63, 3.8) is 0 Å². The largest absolute Gasteiger partial charge is 0.326 e. The molecular formula is C16H21ClN4OS. The van der Waals surface area contributed by atoms with Gasteiger partial charge in [0.2, 0.25) is 5.91 Å². The summed E-state index contributed by atoms with van der Waals surface area (Å²) in [6, 6.07) is 6.10. The minimum atomic E-state index is -0.105. The molecule has 0 aliphatic carbocycles. The van der Waals surface area contributed by atoms with Gasteiger partial charge in [0.25, 0.3) is 0 Å². The van der Waals surface area contributed by atoms with E-state index in [1.54, 1.807) is 11.8 Å². The third-order valence-corrected chi connectivity index (χ3v) is 4.28. The van der Waals surface area contributed by atoms with Crippen LogP contribution in [0, 0.1) is 0 Å². The lowest BCUT2D eigenvalue weighted by molar-refractivity contribution is -0.116. The van der Waals surface area contributed by atoms with E-state index in [-0.39, 0.29) is 23.9 Å². The first kappa shape index (κ1) is 17.8. The van der Waals surface area contributed by atoms with Crippen molar-refractivity contribution in [2.75, 3.05) is 11.1 Å². The third-order valence-electron chi connectivity index (χ3n) is 3.40. The van der Waals surface area contributed by atoms with E-state index in [4.69, 9.17) is 0 Å². The molecular weight excluding hydrogens is 332 g/mol. The summed E-state index contributed by atoms with van der Waals surface area (Å²) in [5.74, 6) is 0.892. The van der Waals surface area contributed by atoms with Gasteiger partial charge in [0, 0.05) is 17.9 Å². The van der Waals surface area contributed by atoms with Crippen molar-refractivity contribution in [1.82, 2.24) is 5.43 Å². The average molecular weight is 353 g/mol. The van der Waals surface area contributed by atoms with Crippen LogP contribution in [-0.2, 0) is 11.2 Å². The number of hydrogen-bond donors (Lipinski definition) is 2. The highest BCUT2D eigenvalue weighted by atomic mass is 35.5. The number of aliphatic imine (C=N–C) groups is 1. The first-order valence-electron chi connectivity index (χ1n) is 7.39. The van der Waals surface area contributed by atoms with Crippen molar-refractivity contribution in [3.05, 3.63) is 29.3 Å². The lowest BCUT2D eigenvalue weighted by atomic mass is 9.99. The number of halogens is 1. The van der Waals surface area contributed by atoms with Gasteiger partial charge in [0.05, 0.1) is 11.3 Å². The van der Waals surface area contributed by atoms with Gasteiger partial charge in [0.15, 0.2) is 5.17 Å². The van der Waals surface area contributed by atoms with Crippen LogP contribution in [0.2, 0.25) is 0 Å². The molecule has 0 unspecified atom stereocenters.